The van der Waals surface area contributed by atoms with E-state index in [0.29, 0.717) is 18.7 Å². The van der Waals surface area contributed by atoms with E-state index >= 15 is 0 Å². The van der Waals surface area contributed by atoms with E-state index in [1.807, 2.05) is 44.0 Å². The van der Waals surface area contributed by atoms with Gasteiger partial charge in [0.05, 0.1) is 6.04 Å². The molecule has 2 unspecified atom stereocenters. The SMILES string of the molecule is CCC(C)N(CC(=O)N1CCc2sccc2C1COc1cccc(F)c1)C(=O)CC(C)C. The van der Waals surface area contributed by atoms with E-state index in [1.54, 1.807) is 28.4 Å². The van der Waals surface area contributed by atoms with Crippen LogP contribution in [-0.2, 0) is 16.0 Å². The first-order valence-corrected chi connectivity index (χ1v) is 12.2. The summed E-state index contributed by atoms with van der Waals surface area (Å²) in [5, 5.41) is 2.03. The van der Waals surface area contributed by atoms with Crippen molar-refractivity contribution in [2.45, 2.75) is 59.0 Å². The Morgan fingerprint density at radius 1 is 1.28 bits per heavy atom. The van der Waals surface area contributed by atoms with Crippen molar-refractivity contribution in [3.05, 3.63) is 52.0 Å². The molecular weight excluding hydrogens is 427 g/mol. The molecule has 1 aliphatic rings. The van der Waals surface area contributed by atoms with Gasteiger partial charge in [-0.3, -0.25) is 9.59 Å². The molecule has 0 bridgehead atoms. The van der Waals surface area contributed by atoms with E-state index in [2.05, 4.69) is 0 Å². The van der Waals surface area contributed by atoms with E-state index in [1.165, 1.54) is 17.0 Å². The molecule has 1 aliphatic heterocycles. The van der Waals surface area contributed by atoms with Gasteiger partial charge in [-0.1, -0.05) is 26.8 Å². The van der Waals surface area contributed by atoms with E-state index in [0.717, 1.165) is 18.4 Å². The molecule has 5 nitrogen and oxygen atoms in total. The van der Waals surface area contributed by atoms with E-state index in [4.69, 9.17) is 4.74 Å². The van der Waals surface area contributed by atoms with Crippen LogP contribution in [0.3, 0.4) is 0 Å². The normalized spacial score (nSPS) is 16.6. The van der Waals surface area contributed by atoms with Crippen molar-refractivity contribution in [1.29, 1.82) is 0 Å². The number of carbonyl (C=O) groups excluding carboxylic acids is 2. The van der Waals surface area contributed by atoms with Gasteiger partial charge in [-0.25, -0.2) is 4.39 Å². The summed E-state index contributed by atoms with van der Waals surface area (Å²) in [6.45, 7) is 8.92. The maximum atomic E-state index is 13.6. The van der Waals surface area contributed by atoms with Crippen molar-refractivity contribution in [3.8, 4) is 5.75 Å². The molecule has 1 aromatic carbocycles. The Morgan fingerprint density at radius 3 is 2.75 bits per heavy atom. The number of ether oxygens (including phenoxy) is 1. The molecule has 174 valence electrons. The number of hydrogen-bond acceptors (Lipinski definition) is 4. The summed E-state index contributed by atoms with van der Waals surface area (Å²) in [6.07, 6.45) is 2.01. The molecular formula is C25H33FN2O3S. The molecule has 0 aliphatic carbocycles. The fraction of sp³-hybridized carbons (Fsp3) is 0.520. The largest absolute Gasteiger partial charge is 0.491 e. The maximum absolute atomic E-state index is 13.6. The van der Waals surface area contributed by atoms with Crippen molar-refractivity contribution in [3.63, 3.8) is 0 Å². The fourth-order valence-corrected chi connectivity index (χ4v) is 4.95. The van der Waals surface area contributed by atoms with Gasteiger partial charge in [0.1, 0.15) is 24.7 Å². The molecule has 2 atom stereocenters. The van der Waals surface area contributed by atoms with Crippen LogP contribution in [0.25, 0.3) is 0 Å². The van der Waals surface area contributed by atoms with Gasteiger partial charge in [-0.05, 0) is 54.8 Å². The Morgan fingerprint density at radius 2 is 2.06 bits per heavy atom. The lowest BCUT2D eigenvalue weighted by molar-refractivity contribution is -0.144. The molecule has 7 heteroatoms. The standard InChI is InChI=1S/C25H33FN2O3S/c1-5-18(4)28(24(29)13-17(2)3)15-25(30)27-11-9-23-21(10-12-32-23)22(27)16-31-20-8-6-7-19(26)14-20/h6-8,10,12,14,17-18,22H,5,9,11,13,15-16H2,1-4H3. The second-order valence-corrected chi connectivity index (χ2v) is 9.80. The first kappa shape index (κ1) is 24.2. The molecule has 0 radical (unpaired) electrons. The van der Waals surface area contributed by atoms with Crippen LogP contribution in [0.15, 0.2) is 35.7 Å². The van der Waals surface area contributed by atoms with Gasteiger partial charge >= 0.3 is 0 Å². The molecule has 32 heavy (non-hydrogen) atoms. The third-order valence-corrected chi connectivity index (χ3v) is 6.95. The smallest absolute Gasteiger partial charge is 0.242 e. The highest BCUT2D eigenvalue weighted by Gasteiger charge is 2.34. The lowest BCUT2D eigenvalue weighted by atomic mass is 10.00. The number of carbonyl (C=O) groups is 2. The van der Waals surface area contributed by atoms with Gasteiger partial charge in [-0.2, -0.15) is 0 Å². The first-order valence-electron chi connectivity index (χ1n) is 11.3. The lowest BCUT2D eigenvalue weighted by Crippen LogP contribution is -2.50. The molecule has 0 saturated carbocycles. The molecule has 0 N–H and O–H groups in total. The zero-order chi connectivity index (χ0) is 23.3. The molecule has 0 fully saturated rings. The minimum absolute atomic E-state index is 0.00584. The van der Waals surface area contributed by atoms with Crippen LogP contribution in [0.5, 0.6) is 5.75 Å². The Bertz CT molecular complexity index is 929. The van der Waals surface area contributed by atoms with Crippen molar-refractivity contribution < 1.29 is 18.7 Å². The second-order valence-electron chi connectivity index (χ2n) is 8.80. The van der Waals surface area contributed by atoms with Crippen molar-refractivity contribution >= 4 is 23.2 Å². The number of nitrogens with zero attached hydrogens (tertiary/aromatic N) is 2. The van der Waals surface area contributed by atoms with Gasteiger partial charge in [-0.15, -0.1) is 11.3 Å². The first-order chi connectivity index (χ1) is 15.3. The number of thiophene rings is 1. The molecule has 1 aromatic heterocycles. The highest BCUT2D eigenvalue weighted by molar-refractivity contribution is 7.10. The number of rotatable bonds is 9. The van der Waals surface area contributed by atoms with Crippen LogP contribution in [0, 0.1) is 11.7 Å². The van der Waals surface area contributed by atoms with Gasteiger partial charge in [0.25, 0.3) is 0 Å². The number of halogens is 1. The number of hydrogen-bond donors (Lipinski definition) is 0. The summed E-state index contributed by atoms with van der Waals surface area (Å²) in [5.41, 5.74) is 1.08. The third-order valence-electron chi connectivity index (χ3n) is 5.95. The molecule has 3 rings (SSSR count). The summed E-state index contributed by atoms with van der Waals surface area (Å²) in [4.78, 5) is 31.1. The Hall–Kier alpha value is -2.41. The van der Waals surface area contributed by atoms with E-state index in [9.17, 15) is 14.0 Å². The number of amides is 2. The summed E-state index contributed by atoms with van der Waals surface area (Å²) in [7, 11) is 0. The average Bonchev–Trinajstić information content (AvgIpc) is 3.23. The highest BCUT2D eigenvalue weighted by atomic mass is 32.1. The van der Waals surface area contributed by atoms with E-state index < -0.39 is 0 Å². The maximum Gasteiger partial charge on any atom is 0.242 e. The van der Waals surface area contributed by atoms with Crippen molar-refractivity contribution in [1.82, 2.24) is 9.80 Å². The number of fused-ring (bicyclic) bond motifs is 1. The van der Waals surface area contributed by atoms with Crippen LogP contribution < -0.4 is 4.74 Å². The van der Waals surface area contributed by atoms with Crippen LogP contribution in [0.1, 0.15) is 57.0 Å². The summed E-state index contributed by atoms with van der Waals surface area (Å²) in [5.74, 6) is 0.256. The molecule has 0 saturated heterocycles. The van der Waals surface area contributed by atoms with Gasteiger partial charge in [0, 0.05) is 30.0 Å². The van der Waals surface area contributed by atoms with Crippen LogP contribution in [0.2, 0.25) is 0 Å². The fourth-order valence-electron chi connectivity index (χ4n) is 4.02. The molecule has 2 heterocycles. The summed E-state index contributed by atoms with van der Waals surface area (Å²) < 4.78 is 19.5. The molecule has 2 aromatic rings. The minimum atomic E-state index is -0.358. The Labute approximate surface area is 194 Å². The Balaban J connectivity index is 1.78. The lowest BCUT2D eigenvalue weighted by Gasteiger charge is -2.38. The Kier molecular flexibility index (Phi) is 8.29. The third kappa shape index (κ3) is 5.88. The monoisotopic (exact) mass is 460 g/mol. The molecule has 0 spiro atoms. The van der Waals surface area contributed by atoms with Gasteiger partial charge in [0.15, 0.2) is 0 Å². The summed E-state index contributed by atoms with van der Waals surface area (Å²) in [6, 6.07) is 7.80. The van der Waals surface area contributed by atoms with Crippen LogP contribution >= 0.6 is 11.3 Å². The van der Waals surface area contributed by atoms with Gasteiger partial charge in [0.2, 0.25) is 11.8 Å². The quantitative estimate of drug-likeness (QED) is 0.525. The zero-order valence-corrected chi connectivity index (χ0v) is 20.2. The minimum Gasteiger partial charge on any atom is -0.491 e. The summed E-state index contributed by atoms with van der Waals surface area (Å²) >= 11 is 1.68. The average molecular weight is 461 g/mol. The van der Waals surface area contributed by atoms with Gasteiger partial charge < -0.3 is 14.5 Å². The molecule has 2 amide bonds. The predicted octanol–water partition coefficient (Wildman–Crippen LogP) is 5.07. The van der Waals surface area contributed by atoms with Crippen molar-refractivity contribution in [2.24, 2.45) is 5.92 Å². The zero-order valence-electron chi connectivity index (χ0n) is 19.3. The van der Waals surface area contributed by atoms with E-state index in [-0.39, 0.29) is 48.8 Å². The van der Waals surface area contributed by atoms with Crippen LogP contribution in [-0.4, -0.2) is 47.4 Å². The number of benzene rings is 1. The van der Waals surface area contributed by atoms with Crippen molar-refractivity contribution in [2.75, 3.05) is 19.7 Å². The predicted molar refractivity (Wildman–Crippen MR) is 125 cm³/mol. The van der Waals surface area contributed by atoms with Crippen LogP contribution in [0.4, 0.5) is 4.39 Å². The topological polar surface area (TPSA) is 49.9 Å². The highest BCUT2D eigenvalue weighted by Crippen LogP contribution is 2.34. The second kappa shape index (κ2) is 10.9.